The number of hydrogen-bond acceptors (Lipinski definition) is 4. The number of likely N-dealkylation sites (N-methyl/N-ethyl adjacent to an activating group) is 1. The van der Waals surface area contributed by atoms with Gasteiger partial charge < -0.3 is 10.0 Å². The average Bonchev–Trinajstić information content (AvgIpc) is 3.22. The number of anilines is 1. The fourth-order valence-electron chi connectivity index (χ4n) is 6.20. The lowest BCUT2D eigenvalue weighted by atomic mass is 9.77. The maximum atomic E-state index is 11.9. The largest absolute Gasteiger partial charge is 0.481 e. The van der Waals surface area contributed by atoms with E-state index in [1.807, 2.05) is 25.3 Å². The van der Waals surface area contributed by atoms with Gasteiger partial charge in [-0.25, -0.2) is 0 Å². The summed E-state index contributed by atoms with van der Waals surface area (Å²) in [7, 11) is -0.299. The molecule has 0 saturated heterocycles. The Labute approximate surface area is 237 Å². The molecular weight excluding hydrogens is 524 g/mol. The Balaban J connectivity index is 1.61. The van der Waals surface area contributed by atoms with E-state index in [0.29, 0.717) is 12.8 Å². The molecule has 0 aromatic heterocycles. The third kappa shape index (κ3) is 5.56. The van der Waals surface area contributed by atoms with Crippen LogP contribution in [0, 0.1) is 0 Å². The van der Waals surface area contributed by atoms with Gasteiger partial charge in [-0.2, -0.15) is 13.0 Å². The van der Waals surface area contributed by atoms with Crippen molar-refractivity contribution in [3.05, 3.63) is 89.7 Å². The van der Waals surface area contributed by atoms with E-state index in [1.54, 1.807) is 12.1 Å². The van der Waals surface area contributed by atoms with Gasteiger partial charge >= 0.3 is 5.97 Å². The van der Waals surface area contributed by atoms with E-state index < -0.39 is 21.5 Å². The van der Waals surface area contributed by atoms with E-state index in [0.717, 1.165) is 29.8 Å². The predicted octanol–water partition coefficient (Wildman–Crippen LogP) is 6.38. The van der Waals surface area contributed by atoms with Crippen LogP contribution in [-0.4, -0.2) is 48.4 Å². The van der Waals surface area contributed by atoms with Crippen molar-refractivity contribution < 1.29 is 27.4 Å². The summed E-state index contributed by atoms with van der Waals surface area (Å²) in [5.41, 5.74) is 5.84. The zero-order valence-corrected chi connectivity index (χ0v) is 24.7. The summed E-state index contributed by atoms with van der Waals surface area (Å²) in [5.74, 6) is -0.803. The topological polar surface area (TPSA) is 97.9 Å². The summed E-state index contributed by atoms with van der Waals surface area (Å²) in [6, 6.07) is 13.2. The van der Waals surface area contributed by atoms with E-state index in [9.17, 15) is 17.8 Å². The fraction of sp³-hybridized carbons (Fsp3) is 0.375. The van der Waals surface area contributed by atoms with Crippen molar-refractivity contribution in [3.8, 4) is 0 Å². The van der Waals surface area contributed by atoms with E-state index in [1.165, 1.54) is 23.0 Å². The molecule has 2 aromatic rings. The highest BCUT2D eigenvalue weighted by atomic mass is 32.2. The highest BCUT2D eigenvalue weighted by Gasteiger charge is 2.43. The fourth-order valence-corrected chi connectivity index (χ4v) is 6.70. The minimum atomic E-state index is -4.35. The van der Waals surface area contributed by atoms with Crippen LogP contribution in [0.1, 0.15) is 64.0 Å². The summed E-state index contributed by atoms with van der Waals surface area (Å²) in [6.45, 7) is 6.54. The van der Waals surface area contributed by atoms with Crippen molar-refractivity contribution >= 4 is 33.2 Å². The molecule has 1 atom stereocenters. The molecule has 0 aliphatic carbocycles. The van der Waals surface area contributed by atoms with E-state index in [-0.39, 0.29) is 16.7 Å². The molecule has 0 radical (unpaired) electrons. The van der Waals surface area contributed by atoms with Gasteiger partial charge in [0.2, 0.25) is 5.69 Å². The highest BCUT2D eigenvalue weighted by molar-refractivity contribution is 7.85. The molecule has 0 spiro atoms. The Morgan fingerprint density at radius 1 is 1.00 bits per heavy atom. The number of benzene rings is 2. The monoisotopic (exact) mass is 563 g/mol. The van der Waals surface area contributed by atoms with Crippen LogP contribution in [0.4, 0.5) is 11.4 Å². The van der Waals surface area contributed by atoms with Gasteiger partial charge in [0.15, 0.2) is 5.71 Å². The Kier molecular flexibility index (Phi) is 8.24. The number of carboxylic acid groups (broad SMARTS) is 1. The second-order valence-electron chi connectivity index (χ2n) is 11.4. The summed E-state index contributed by atoms with van der Waals surface area (Å²) >= 11 is 0. The first-order valence-electron chi connectivity index (χ1n) is 13.6. The Morgan fingerprint density at radius 3 is 2.40 bits per heavy atom. The smallest absolute Gasteiger partial charge is 0.303 e. The minimum absolute atomic E-state index is 0.106. The SMILES string of the molecule is CN1C(=CC=CC=CC2=[N+](C)c3ccccc3C2(C)C)C(C)(CCCCCC(=O)O)c2cc(S(=O)(=O)O)ccc21. The van der Waals surface area contributed by atoms with Gasteiger partial charge in [0, 0.05) is 48.0 Å². The van der Waals surface area contributed by atoms with Crippen molar-refractivity contribution in [2.45, 2.75) is 68.6 Å². The molecule has 0 amide bonds. The Bertz CT molecular complexity index is 1550. The molecule has 8 heteroatoms. The lowest BCUT2D eigenvalue weighted by Gasteiger charge is -2.29. The molecule has 7 nitrogen and oxygen atoms in total. The van der Waals surface area contributed by atoms with Crippen LogP contribution in [0.2, 0.25) is 0 Å². The van der Waals surface area contributed by atoms with Crippen LogP contribution in [0.5, 0.6) is 0 Å². The zero-order valence-electron chi connectivity index (χ0n) is 23.9. The van der Waals surface area contributed by atoms with Crippen LogP contribution in [0.3, 0.4) is 0 Å². The van der Waals surface area contributed by atoms with Crippen LogP contribution in [0.25, 0.3) is 0 Å². The lowest BCUT2D eigenvalue weighted by Crippen LogP contribution is -2.26. The number of nitrogens with zero attached hydrogens (tertiary/aromatic N) is 2. The maximum absolute atomic E-state index is 11.9. The number of para-hydroxylation sites is 1. The number of carbonyl (C=O) groups is 1. The standard InChI is InChI=1S/C32H38N2O5S/c1-31(2)24-14-11-12-15-26(24)33(4)28(31)16-8-6-9-17-29-32(3,21-13-7-10-18-30(35)36)25-22-23(40(37,38)39)19-20-27(25)34(29)5/h6,8-9,11-12,14-17,19-20,22H,7,10,13,18,21H2,1-5H3,(H-,35,36,37,38,39)/p+1. The number of allylic oxidation sites excluding steroid dienone is 6. The zero-order chi connectivity index (χ0) is 29.3. The van der Waals surface area contributed by atoms with Gasteiger partial charge in [-0.3, -0.25) is 9.35 Å². The molecule has 2 heterocycles. The molecule has 0 fully saturated rings. The van der Waals surface area contributed by atoms with E-state index in [4.69, 9.17) is 5.11 Å². The molecular formula is C32H39N2O5S+. The van der Waals surface area contributed by atoms with Crippen LogP contribution >= 0.6 is 0 Å². The third-order valence-electron chi connectivity index (χ3n) is 8.39. The number of hydrogen-bond donors (Lipinski definition) is 2. The Hall–Kier alpha value is -3.49. The number of aliphatic carboxylic acids is 1. The van der Waals surface area contributed by atoms with Crippen molar-refractivity contribution in [1.29, 1.82) is 0 Å². The molecule has 2 aliphatic rings. The summed E-state index contributed by atoms with van der Waals surface area (Å²) in [4.78, 5) is 12.9. The van der Waals surface area contributed by atoms with Crippen LogP contribution < -0.4 is 4.90 Å². The van der Waals surface area contributed by atoms with Gasteiger partial charge in [0.25, 0.3) is 10.1 Å². The quantitative estimate of drug-likeness (QED) is 0.151. The van der Waals surface area contributed by atoms with E-state index in [2.05, 4.69) is 73.7 Å². The molecule has 2 N–H and O–H groups in total. The normalized spacial score (nSPS) is 21.1. The maximum Gasteiger partial charge on any atom is 0.303 e. The van der Waals surface area contributed by atoms with Crippen molar-refractivity contribution in [2.24, 2.45) is 0 Å². The molecule has 2 aromatic carbocycles. The van der Waals surface area contributed by atoms with Gasteiger partial charge in [-0.15, -0.1) is 0 Å². The number of fused-ring (bicyclic) bond motifs is 2. The number of unbranched alkanes of at least 4 members (excludes halogenated alkanes) is 2. The summed E-state index contributed by atoms with van der Waals surface area (Å²) in [5, 5.41) is 8.97. The first kappa shape index (κ1) is 29.5. The van der Waals surface area contributed by atoms with Gasteiger partial charge in [-0.05, 0) is 63.5 Å². The first-order chi connectivity index (χ1) is 18.8. The Morgan fingerprint density at radius 2 is 1.73 bits per heavy atom. The molecule has 2 aliphatic heterocycles. The van der Waals surface area contributed by atoms with Crippen LogP contribution in [-0.2, 0) is 25.7 Å². The van der Waals surface area contributed by atoms with Crippen molar-refractivity contribution in [2.75, 3.05) is 19.0 Å². The van der Waals surface area contributed by atoms with Gasteiger partial charge in [0.05, 0.1) is 10.3 Å². The van der Waals surface area contributed by atoms with Gasteiger partial charge in [0.1, 0.15) is 7.05 Å². The molecule has 40 heavy (non-hydrogen) atoms. The lowest BCUT2D eigenvalue weighted by molar-refractivity contribution is -0.401. The summed E-state index contributed by atoms with van der Waals surface area (Å²) < 4.78 is 35.7. The molecule has 212 valence electrons. The highest BCUT2D eigenvalue weighted by Crippen LogP contribution is 2.50. The first-order valence-corrected chi connectivity index (χ1v) is 15.1. The van der Waals surface area contributed by atoms with Gasteiger partial charge in [-0.1, -0.05) is 49.3 Å². The third-order valence-corrected chi connectivity index (χ3v) is 9.24. The summed E-state index contributed by atoms with van der Waals surface area (Å²) in [6.07, 6.45) is 13.2. The number of rotatable bonds is 10. The van der Waals surface area contributed by atoms with Crippen molar-refractivity contribution in [1.82, 2.24) is 0 Å². The second kappa shape index (κ2) is 11.2. The molecule has 4 rings (SSSR count). The minimum Gasteiger partial charge on any atom is -0.481 e. The molecule has 0 saturated carbocycles. The van der Waals surface area contributed by atoms with Crippen LogP contribution in [0.15, 0.2) is 83.4 Å². The molecule has 1 unspecified atom stereocenters. The second-order valence-corrected chi connectivity index (χ2v) is 12.8. The predicted molar refractivity (Wildman–Crippen MR) is 159 cm³/mol. The average molecular weight is 564 g/mol. The van der Waals surface area contributed by atoms with E-state index >= 15 is 0 Å². The van der Waals surface area contributed by atoms with Crippen molar-refractivity contribution in [3.63, 3.8) is 0 Å². The molecule has 0 bridgehead atoms. The number of carboxylic acids is 1.